The van der Waals surface area contributed by atoms with Gasteiger partial charge in [-0.05, 0) is 47.7 Å². The highest BCUT2D eigenvalue weighted by molar-refractivity contribution is 5.87. The summed E-state index contributed by atoms with van der Waals surface area (Å²) >= 11 is 0. The van der Waals surface area contributed by atoms with Crippen LogP contribution in [0.1, 0.15) is 33.8 Å². The molecule has 0 unspecified atom stereocenters. The van der Waals surface area contributed by atoms with Gasteiger partial charge >= 0.3 is 5.97 Å². The predicted molar refractivity (Wildman–Crippen MR) is 98.2 cm³/mol. The second kappa shape index (κ2) is 6.95. The topological polar surface area (TPSA) is 76.1 Å². The lowest BCUT2D eigenvalue weighted by molar-refractivity contribution is -0.131. The highest BCUT2D eigenvalue weighted by Gasteiger charge is 2.45. The minimum atomic E-state index is -0.953. The molecule has 2 aromatic rings. The number of aromatic carboxylic acids is 1. The third kappa shape index (κ3) is 3.60. The number of nitrogens with zero attached hydrogens (tertiary/aromatic N) is 1. The first-order valence-corrected chi connectivity index (χ1v) is 8.99. The van der Waals surface area contributed by atoms with E-state index in [4.69, 9.17) is 14.6 Å². The third-order valence-corrected chi connectivity index (χ3v) is 5.10. The molecule has 0 radical (unpaired) electrons. The van der Waals surface area contributed by atoms with Gasteiger partial charge in [-0.25, -0.2) is 4.79 Å². The number of rotatable bonds is 5. The molecule has 1 heterocycles. The van der Waals surface area contributed by atoms with E-state index >= 15 is 0 Å². The molecule has 4 rings (SSSR count). The molecule has 1 aliphatic heterocycles. The SMILES string of the molecule is CN(Cc1ccc(C(=O)O)cc1)C(=O)[C@@H]1C[C@H]1c1ccc2c(c1)OCCO2. The van der Waals surface area contributed by atoms with Gasteiger partial charge in [-0.2, -0.15) is 0 Å². The second-order valence-electron chi connectivity index (χ2n) is 7.05. The maximum absolute atomic E-state index is 12.7. The molecule has 27 heavy (non-hydrogen) atoms. The van der Waals surface area contributed by atoms with E-state index in [0.717, 1.165) is 29.0 Å². The minimum Gasteiger partial charge on any atom is -0.486 e. The van der Waals surface area contributed by atoms with Crippen LogP contribution < -0.4 is 9.47 Å². The van der Waals surface area contributed by atoms with E-state index < -0.39 is 5.97 Å². The zero-order valence-corrected chi connectivity index (χ0v) is 15.1. The number of benzene rings is 2. The monoisotopic (exact) mass is 367 g/mol. The van der Waals surface area contributed by atoms with Crippen LogP contribution in [-0.4, -0.2) is 42.1 Å². The maximum atomic E-state index is 12.7. The van der Waals surface area contributed by atoms with E-state index in [1.807, 2.05) is 18.2 Å². The second-order valence-corrected chi connectivity index (χ2v) is 7.05. The van der Waals surface area contributed by atoms with Crippen molar-refractivity contribution in [2.24, 2.45) is 5.92 Å². The van der Waals surface area contributed by atoms with Gasteiger partial charge in [0, 0.05) is 19.5 Å². The van der Waals surface area contributed by atoms with Gasteiger partial charge in [-0.1, -0.05) is 18.2 Å². The Labute approximate surface area is 157 Å². The highest BCUT2D eigenvalue weighted by atomic mass is 16.6. The van der Waals surface area contributed by atoms with Gasteiger partial charge in [-0.15, -0.1) is 0 Å². The molecule has 1 N–H and O–H groups in total. The van der Waals surface area contributed by atoms with Crippen LogP contribution >= 0.6 is 0 Å². The van der Waals surface area contributed by atoms with E-state index in [2.05, 4.69) is 0 Å². The van der Waals surface area contributed by atoms with Crippen LogP contribution in [0.2, 0.25) is 0 Å². The number of carboxylic acid groups (broad SMARTS) is 1. The number of hydrogen-bond donors (Lipinski definition) is 1. The molecule has 1 amide bonds. The molecule has 0 aromatic heterocycles. The number of carbonyl (C=O) groups excluding carboxylic acids is 1. The van der Waals surface area contributed by atoms with Crippen LogP contribution in [0.25, 0.3) is 0 Å². The highest BCUT2D eigenvalue weighted by Crippen LogP contribution is 2.50. The van der Waals surface area contributed by atoms with Crippen LogP contribution in [0.15, 0.2) is 42.5 Å². The molecule has 1 saturated carbocycles. The quantitative estimate of drug-likeness (QED) is 0.879. The number of carboxylic acids is 1. The third-order valence-electron chi connectivity index (χ3n) is 5.10. The number of amides is 1. The van der Waals surface area contributed by atoms with E-state index in [1.54, 1.807) is 36.2 Å². The molecular weight excluding hydrogens is 346 g/mol. The Morgan fingerprint density at radius 2 is 1.78 bits per heavy atom. The molecule has 2 aliphatic rings. The van der Waals surface area contributed by atoms with Gasteiger partial charge in [0.05, 0.1) is 5.56 Å². The van der Waals surface area contributed by atoms with Gasteiger partial charge < -0.3 is 19.5 Å². The van der Waals surface area contributed by atoms with Crippen LogP contribution in [0.5, 0.6) is 11.5 Å². The summed E-state index contributed by atoms with van der Waals surface area (Å²) in [4.78, 5) is 25.4. The molecule has 1 aliphatic carbocycles. The normalized spacial score (nSPS) is 20.0. The Balaban J connectivity index is 1.38. The van der Waals surface area contributed by atoms with Crippen molar-refractivity contribution in [1.82, 2.24) is 4.90 Å². The predicted octanol–water partition coefficient (Wildman–Crippen LogP) is 2.92. The van der Waals surface area contributed by atoms with Crippen molar-refractivity contribution in [2.45, 2.75) is 18.9 Å². The Kier molecular flexibility index (Phi) is 4.48. The Morgan fingerprint density at radius 1 is 1.07 bits per heavy atom. The molecule has 0 spiro atoms. The van der Waals surface area contributed by atoms with Crippen molar-refractivity contribution in [2.75, 3.05) is 20.3 Å². The van der Waals surface area contributed by atoms with Crippen molar-refractivity contribution in [3.05, 3.63) is 59.2 Å². The average molecular weight is 367 g/mol. The Morgan fingerprint density at radius 3 is 2.48 bits per heavy atom. The molecule has 2 atom stereocenters. The molecule has 6 heteroatoms. The largest absolute Gasteiger partial charge is 0.486 e. The zero-order chi connectivity index (χ0) is 19.0. The summed E-state index contributed by atoms with van der Waals surface area (Å²) in [5.74, 6) is 0.864. The van der Waals surface area contributed by atoms with Crippen LogP contribution in [0.4, 0.5) is 0 Å². The van der Waals surface area contributed by atoms with E-state index in [9.17, 15) is 9.59 Å². The van der Waals surface area contributed by atoms with Gasteiger partial charge in [0.2, 0.25) is 5.91 Å². The summed E-state index contributed by atoms with van der Waals surface area (Å²) in [5.41, 5.74) is 2.26. The molecule has 140 valence electrons. The molecule has 1 fully saturated rings. The fourth-order valence-electron chi connectivity index (χ4n) is 3.51. The van der Waals surface area contributed by atoms with E-state index in [0.29, 0.717) is 19.8 Å². The first kappa shape index (κ1) is 17.4. The number of carbonyl (C=O) groups is 2. The lowest BCUT2D eigenvalue weighted by Gasteiger charge is -2.19. The standard InChI is InChI=1S/C21H21NO5/c1-22(12-13-2-4-14(5-3-13)21(24)25)20(23)17-11-16(17)15-6-7-18-19(10-15)27-9-8-26-18/h2-7,10,16-17H,8-9,11-12H2,1H3,(H,24,25)/t16-,17+/m0/s1. The molecule has 6 nitrogen and oxygen atoms in total. The average Bonchev–Trinajstić information content (AvgIpc) is 3.48. The fourth-order valence-corrected chi connectivity index (χ4v) is 3.51. The first-order valence-electron chi connectivity index (χ1n) is 8.99. The molecule has 0 bridgehead atoms. The number of hydrogen-bond acceptors (Lipinski definition) is 4. The molecular formula is C21H21NO5. The fraction of sp³-hybridized carbons (Fsp3) is 0.333. The van der Waals surface area contributed by atoms with Crippen molar-refractivity contribution in [3.8, 4) is 11.5 Å². The summed E-state index contributed by atoms with van der Waals surface area (Å²) in [6.07, 6.45) is 0.834. The minimum absolute atomic E-state index is 0.0177. The summed E-state index contributed by atoms with van der Waals surface area (Å²) in [5, 5.41) is 8.96. The first-order chi connectivity index (χ1) is 13.0. The van der Waals surface area contributed by atoms with Gasteiger partial charge in [0.1, 0.15) is 13.2 Å². The van der Waals surface area contributed by atoms with Crippen molar-refractivity contribution >= 4 is 11.9 Å². The summed E-state index contributed by atoms with van der Waals surface area (Å²) in [7, 11) is 1.78. The Hall–Kier alpha value is -3.02. The van der Waals surface area contributed by atoms with E-state index in [1.165, 1.54) is 0 Å². The van der Waals surface area contributed by atoms with Gasteiger partial charge in [0.15, 0.2) is 11.5 Å². The summed E-state index contributed by atoms with van der Waals surface area (Å²) in [6.45, 7) is 1.57. The summed E-state index contributed by atoms with van der Waals surface area (Å²) < 4.78 is 11.2. The number of ether oxygens (including phenoxy) is 2. The van der Waals surface area contributed by atoms with Crippen LogP contribution in [0.3, 0.4) is 0 Å². The van der Waals surface area contributed by atoms with Gasteiger partial charge in [-0.3, -0.25) is 4.79 Å². The van der Waals surface area contributed by atoms with Crippen molar-refractivity contribution < 1.29 is 24.2 Å². The van der Waals surface area contributed by atoms with E-state index in [-0.39, 0.29) is 23.3 Å². The maximum Gasteiger partial charge on any atom is 0.335 e. The van der Waals surface area contributed by atoms with Gasteiger partial charge in [0.25, 0.3) is 0 Å². The molecule has 2 aromatic carbocycles. The van der Waals surface area contributed by atoms with Crippen molar-refractivity contribution in [1.29, 1.82) is 0 Å². The lowest BCUT2D eigenvalue weighted by Crippen LogP contribution is -2.28. The van der Waals surface area contributed by atoms with Crippen molar-refractivity contribution in [3.63, 3.8) is 0 Å². The van der Waals surface area contributed by atoms with Crippen LogP contribution in [-0.2, 0) is 11.3 Å². The zero-order valence-electron chi connectivity index (χ0n) is 15.1. The molecule has 0 saturated heterocycles. The summed E-state index contributed by atoms with van der Waals surface area (Å²) in [6, 6.07) is 12.5. The number of fused-ring (bicyclic) bond motifs is 1. The lowest BCUT2D eigenvalue weighted by atomic mass is 10.1. The van der Waals surface area contributed by atoms with Crippen LogP contribution in [0, 0.1) is 5.92 Å². The smallest absolute Gasteiger partial charge is 0.335 e. The Bertz CT molecular complexity index is 877.